The molecule has 1 aromatic rings. The molecule has 0 aliphatic heterocycles. The van der Waals surface area contributed by atoms with Crippen LogP contribution in [-0.2, 0) is 0 Å². The minimum Gasteiger partial charge on any atom is -0.494 e. The van der Waals surface area contributed by atoms with Crippen LogP contribution in [0.3, 0.4) is 0 Å². The monoisotopic (exact) mass is 260 g/mol. The van der Waals surface area contributed by atoms with Crippen LogP contribution in [0.2, 0.25) is 0 Å². The lowest BCUT2D eigenvalue weighted by Gasteiger charge is -2.16. The molecule has 19 heavy (non-hydrogen) atoms. The van der Waals surface area contributed by atoms with Gasteiger partial charge in [0.1, 0.15) is 5.75 Å². The Morgan fingerprint density at radius 1 is 1.47 bits per heavy atom. The molecular weight excluding hydrogens is 240 g/mol. The quantitative estimate of drug-likeness (QED) is 0.855. The van der Waals surface area contributed by atoms with E-state index in [-0.39, 0.29) is 5.91 Å². The Morgan fingerprint density at radius 3 is 2.84 bits per heavy atom. The van der Waals surface area contributed by atoms with Crippen LogP contribution in [-0.4, -0.2) is 19.1 Å². The van der Waals surface area contributed by atoms with Crippen molar-refractivity contribution in [3.8, 4) is 11.8 Å². The second-order valence-corrected chi connectivity index (χ2v) is 5.05. The highest BCUT2D eigenvalue weighted by atomic mass is 16.5. The molecule has 4 nitrogen and oxygen atoms in total. The van der Waals surface area contributed by atoms with Crippen molar-refractivity contribution >= 4 is 5.91 Å². The van der Waals surface area contributed by atoms with E-state index in [0.29, 0.717) is 24.5 Å². The summed E-state index contributed by atoms with van der Waals surface area (Å²) in [4.78, 5) is 12.0. The fourth-order valence-electron chi connectivity index (χ4n) is 1.39. The third-order valence-electron chi connectivity index (χ3n) is 2.56. The summed E-state index contributed by atoms with van der Waals surface area (Å²) in [5.74, 6) is 0.499. The molecule has 0 aliphatic carbocycles. The first-order valence-electron chi connectivity index (χ1n) is 6.41. The zero-order valence-electron chi connectivity index (χ0n) is 11.7. The van der Waals surface area contributed by atoms with Gasteiger partial charge in [-0.25, -0.2) is 0 Å². The van der Waals surface area contributed by atoms with E-state index in [1.54, 1.807) is 32.0 Å². The summed E-state index contributed by atoms with van der Waals surface area (Å²) in [6.45, 7) is 6.55. The maximum absolute atomic E-state index is 12.0. The minimum absolute atomic E-state index is 0.190. The molecule has 0 aromatic heterocycles. The molecule has 0 saturated heterocycles. The standard InChI is InChI=1S/C15H20N2O2/c1-4-8-19-13-7-5-6-12(9-13)14(18)17-11-15(2,3)10-16/h5-7,9H,4,8,11H2,1-3H3,(H,17,18). The first-order valence-corrected chi connectivity index (χ1v) is 6.41. The van der Waals surface area contributed by atoms with E-state index in [4.69, 9.17) is 10.00 Å². The summed E-state index contributed by atoms with van der Waals surface area (Å²) in [5.41, 5.74) is -0.0197. The number of nitrogens with zero attached hydrogens (tertiary/aromatic N) is 1. The summed E-state index contributed by atoms with van der Waals surface area (Å²) in [7, 11) is 0. The number of rotatable bonds is 6. The molecule has 0 aliphatic rings. The van der Waals surface area contributed by atoms with Crippen molar-refractivity contribution in [3.63, 3.8) is 0 Å². The van der Waals surface area contributed by atoms with Gasteiger partial charge in [-0.05, 0) is 38.5 Å². The van der Waals surface area contributed by atoms with Gasteiger partial charge in [0.2, 0.25) is 0 Å². The molecule has 1 amide bonds. The van der Waals surface area contributed by atoms with E-state index < -0.39 is 5.41 Å². The minimum atomic E-state index is -0.564. The normalized spacial score (nSPS) is 10.6. The first-order chi connectivity index (χ1) is 8.98. The molecule has 0 heterocycles. The van der Waals surface area contributed by atoms with Crippen molar-refractivity contribution in [2.24, 2.45) is 5.41 Å². The highest BCUT2D eigenvalue weighted by Gasteiger charge is 2.18. The molecule has 0 atom stereocenters. The molecule has 1 aromatic carbocycles. The molecule has 102 valence electrons. The van der Waals surface area contributed by atoms with Gasteiger partial charge in [0, 0.05) is 12.1 Å². The second-order valence-electron chi connectivity index (χ2n) is 5.05. The number of hydrogen-bond donors (Lipinski definition) is 1. The van der Waals surface area contributed by atoms with Gasteiger partial charge >= 0.3 is 0 Å². The van der Waals surface area contributed by atoms with Gasteiger partial charge in [0.15, 0.2) is 0 Å². The summed E-state index contributed by atoms with van der Waals surface area (Å²) in [5, 5.41) is 11.7. The lowest BCUT2D eigenvalue weighted by atomic mass is 9.96. The first kappa shape index (κ1) is 15.0. The Hall–Kier alpha value is -2.02. The molecule has 0 spiro atoms. The summed E-state index contributed by atoms with van der Waals surface area (Å²) in [6, 6.07) is 9.20. The van der Waals surface area contributed by atoms with E-state index in [2.05, 4.69) is 11.4 Å². The average molecular weight is 260 g/mol. The van der Waals surface area contributed by atoms with Gasteiger partial charge in [-0.2, -0.15) is 5.26 Å². The van der Waals surface area contributed by atoms with Gasteiger partial charge in [-0.3, -0.25) is 4.79 Å². The summed E-state index contributed by atoms with van der Waals surface area (Å²) in [6.07, 6.45) is 0.923. The number of carbonyl (C=O) groups is 1. The molecule has 0 fully saturated rings. The Morgan fingerprint density at radius 2 is 2.21 bits per heavy atom. The zero-order valence-corrected chi connectivity index (χ0v) is 11.7. The molecule has 4 heteroatoms. The topological polar surface area (TPSA) is 62.1 Å². The zero-order chi connectivity index (χ0) is 14.3. The Balaban J connectivity index is 2.65. The lowest BCUT2D eigenvalue weighted by molar-refractivity contribution is 0.0943. The smallest absolute Gasteiger partial charge is 0.251 e. The van der Waals surface area contributed by atoms with Crippen molar-refractivity contribution in [1.29, 1.82) is 5.26 Å². The molecule has 0 bridgehead atoms. The SMILES string of the molecule is CCCOc1cccc(C(=O)NCC(C)(C)C#N)c1. The molecule has 0 saturated carbocycles. The lowest BCUT2D eigenvalue weighted by Crippen LogP contribution is -2.33. The van der Waals surface area contributed by atoms with Gasteiger partial charge in [-0.1, -0.05) is 13.0 Å². The number of amides is 1. The molecule has 0 unspecified atom stereocenters. The fourth-order valence-corrected chi connectivity index (χ4v) is 1.39. The Kier molecular flexibility index (Phi) is 5.37. The molecule has 1 N–H and O–H groups in total. The van der Waals surface area contributed by atoms with Crippen LogP contribution in [0.25, 0.3) is 0 Å². The van der Waals surface area contributed by atoms with Gasteiger partial charge in [0.25, 0.3) is 5.91 Å². The van der Waals surface area contributed by atoms with Crippen LogP contribution in [0.1, 0.15) is 37.6 Å². The fraction of sp³-hybridized carbons (Fsp3) is 0.467. The van der Waals surface area contributed by atoms with E-state index in [1.165, 1.54) is 0 Å². The van der Waals surface area contributed by atoms with Crippen LogP contribution in [0.5, 0.6) is 5.75 Å². The van der Waals surface area contributed by atoms with E-state index in [9.17, 15) is 4.79 Å². The Bertz CT molecular complexity index is 475. The predicted octanol–water partition coefficient (Wildman–Crippen LogP) is 2.75. The second kappa shape index (κ2) is 6.79. The maximum atomic E-state index is 12.0. The Labute approximate surface area is 114 Å². The average Bonchev–Trinajstić information content (AvgIpc) is 2.43. The van der Waals surface area contributed by atoms with Crippen LogP contribution < -0.4 is 10.1 Å². The summed E-state index contributed by atoms with van der Waals surface area (Å²) < 4.78 is 5.48. The third kappa shape index (κ3) is 5.01. The third-order valence-corrected chi connectivity index (χ3v) is 2.56. The van der Waals surface area contributed by atoms with E-state index in [0.717, 1.165) is 6.42 Å². The van der Waals surface area contributed by atoms with Gasteiger partial charge in [-0.15, -0.1) is 0 Å². The number of nitriles is 1. The van der Waals surface area contributed by atoms with Crippen LogP contribution >= 0.6 is 0 Å². The van der Waals surface area contributed by atoms with Crippen molar-refractivity contribution < 1.29 is 9.53 Å². The number of nitrogens with one attached hydrogen (secondary N) is 1. The number of ether oxygens (including phenoxy) is 1. The van der Waals surface area contributed by atoms with Gasteiger partial charge in [0.05, 0.1) is 18.1 Å². The van der Waals surface area contributed by atoms with Crippen LogP contribution in [0.15, 0.2) is 24.3 Å². The van der Waals surface area contributed by atoms with Crippen molar-refractivity contribution in [2.75, 3.05) is 13.2 Å². The van der Waals surface area contributed by atoms with Crippen molar-refractivity contribution in [2.45, 2.75) is 27.2 Å². The molecule has 0 radical (unpaired) electrons. The number of carbonyl (C=O) groups excluding carboxylic acids is 1. The predicted molar refractivity (Wildman–Crippen MR) is 74.0 cm³/mol. The van der Waals surface area contributed by atoms with Gasteiger partial charge < -0.3 is 10.1 Å². The maximum Gasteiger partial charge on any atom is 0.251 e. The summed E-state index contributed by atoms with van der Waals surface area (Å²) >= 11 is 0. The van der Waals surface area contributed by atoms with E-state index >= 15 is 0 Å². The highest BCUT2D eigenvalue weighted by molar-refractivity contribution is 5.94. The number of benzene rings is 1. The largest absolute Gasteiger partial charge is 0.494 e. The molecular formula is C15H20N2O2. The van der Waals surface area contributed by atoms with Crippen LogP contribution in [0.4, 0.5) is 0 Å². The molecule has 1 rings (SSSR count). The number of hydrogen-bond acceptors (Lipinski definition) is 3. The van der Waals surface area contributed by atoms with Crippen molar-refractivity contribution in [1.82, 2.24) is 5.32 Å². The van der Waals surface area contributed by atoms with Crippen LogP contribution in [0, 0.1) is 16.7 Å². The van der Waals surface area contributed by atoms with Crippen molar-refractivity contribution in [3.05, 3.63) is 29.8 Å². The highest BCUT2D eigenvalue weighted by Crippen LogP contribution is 2.15. The van der Waals surface area contributed by atoms with E-state index in [1.807, 2.05) is 13.0 Å².